The van der Waals surface area contributed by atoms with E-state index in [0.29, 0.717) is 4.88 Å². The first-order chi connectivity index (χ1) is 7.08. The summed E-state index contributed by atoms with van der Waals surface area (Å²) in [6.07, 6.45) is 0. The van der Waals surface area contributed by atoms with Crippen LogP contribution in [0.2, 0.25) is 0 Å². The van der Waals surface area contributed by atoms with Crippen molar-refractivity contribution in [3.63, 3.8) is 0 Å². The summed E-state index contributed by atoms with van der Waals surface area (Å²) in [6.45, 7) is 0. The molecule has 1 heterocycles. The van der Waals surface area contributed by atoms with Gasteiger partial charge in [0, 0.05) is 24.5 Å². The van der Waals surface area contributed by atoms with E-state index in [1.165, 1.54) is 11.3 Å². The number of hydrogen-bond donors (Lipinski definition) is 1. The van der Waals surface area contributed by atoms with Gasteiger partial charge in [-0.2, -0.15) is 0 Å². The highest BCUT2D eigenvalue weighted by Crippen LogP contribution is 2.28. The highest BCUT2D eigenvalue weighted by molar-refractivity contribution is 7.20. The summed E-state index contributed by atoms with van der Waals surface area (Å²) in [5.41, 5.74) is 6.36. The molecule has 2 N–H and O–H groups in total. The second kappa shape index (κ2) is 3.55. The van der Waals surface area contributed by atoms with E-state index in [9.17, 15) is 4.79 Å². The molecule has 1 amide bonds. The molecule has 0 aliphatic carbocycles. The SMILES string of the molecule is CN(C)c1ccc2cc(C(N)=O)sc2c1. The molecule has 0 aliphatic rings. The molecule has 0 unspecified atom stereocenters. The fourth-order valence-corrected chi connectivity index (χ4v) is 2.37. The van der Waals surface area contributed by atoms with Crippen molar-refractivity contribution in [1.29, 1.82) is 0 Å². The molecule has 0 fully saturated rings. The Labute approximate surface area is 92.1 Å². The number of hydrogen-bond acceptors (Lipinski definition) is 3. The fraction of sp³-hybridized carbons (Fsp3) is 0.182. The van der Waals surface area contributed by atoms with E-state index in [0.717, 1.165) is 15.8 Å². The molecule has 78 valence electrons. The van der Waals surface area contributed by atoms with Gasteiger partial charge in [-0.1, -0.05) is 6.07 Å². The van der Waals surface area contributed by atoms with Gasteiger partial charge < -0.3 is 10.6 Å². The summed E-state index contributed by atoms with van der Waals surface area (Å²) in [5, 5.41) is 1.07. The minimum absolute atomic E-state index is 0.359. The van der Waals surface area contributed by atoms with Crippen LogP contribution in [0.25, 0.3) is 10.1 Å². The lowest BCUT2D eigenvalue weighted by molar-refractivity contribution is 0.100. The van der Waals surface area contributed by atoms with Gasteiger partial charge in [0.05, 0.1) is 4.88 Å². The van der Waals surface area contributed by atoms with E-state index in [1.807, 2.05) is 37.2 Å². The predicted octanol–water partition coefficient (Wildman–Crippen LogP) is 2.07. The van der Waals surface area contributed by atoms with E-state index in [1.54, 1.807) is 0 Å². The maximum Gasteiger partial charge on any atom is 0.258 e. The number of thiophene rings is 1. The van der Waals surface area contributed by atoms with E-state index in [4.69, 9.17) is 5.73 Å². The van der Waals surface area contributed by atoms with Crippen LogP contribution in [-0.4, -0.2) is 20.0 Å². The molecule has 0 aliphatic heterocycles. The number of carbonyl (C=O) groups is 1. The second-order valence-electron chi connectivity index (χ2n) is 3.59. The highest BCUT2D eigenvalue weighted by Gasteiger charge is 2.07. The maximum atomic E-state index is 11.0. The summed E-state index contributed by atoms with van der Waals surface area (Å²) in [7, 11) is 3.98. The highest BCUT2D eigenvalue weighted by atomic mass is 32.1. The van der Waals surface area contributed by atoms with Crippen molar-refractivity contribution in [2.75, 3.05) is 19.0 Å². The summed E-state index contributed by atoms with van der Waals surface area (Å²) < 4.78 is 1.09. The molecule has 0 saturated carbocycles. The molecule has 2 rings (SSSR count). The zero-order valence-corrected chi connectivity index (χ0v) is 9.47. The number of amides is 1. The van der Waals surface area contributed by atoms with Crippen molar-refractivity contribution in [3.05, 3.63) is 29.1 Å². The van der Waals surface area contributed by atoms with Crippen LogP contribution in [-0.2, 0) is 0 Å². The van der Waals surface area contributed by atoms with Crippen molar-refractivity contribution >= 4 is 33.0 Å². The Morgan fingerprint density at radius 1 is 1.33 bits per heavy atom. The van der Waals surface area contributed by atoms with Gasteiger partial charge in [-0.3, -0.25) is 4.79 Å². The van der Waals surface area contributed by atoms with Crippen molar-refractivity contribution in [1.82, 2.24) is 0 Å². The van der Waals surface area contributed by atoms with Gasteiger partial charge in [-0.05, 0) is 23.6 Å². The van der Waals surface area contributed by atoms with Crippen LogP contribution >= 0.6 is 11.3 Å². The Balaban J connectivity index is 2.57. The van der Waals surface area contributed by atoms with E-state index in [-0.39, 0.29) is 5.91 Å². The van der Waals surface area contributed by atoms with Crippen molar-refractivity contribution < 1.29 is 4.79 Å². The third-order valence-electron chi connectivity index (χ3n) is 2.26. The average Bonchev–Trinajstić information content (AvgIpc) is 2.59. The summed E-state index contributed by atoms with van der Waals surface area (Å²) in [4.78, 5) is 13.7. The Hall–Kier alpha value is -1.55. The lowest BCUT2D eigenvalue weighted by Crippen LogP contribution is -2.07. The molecule has 1 aromatic heterocycles. The van der Waals surface area contributed by atoms with Crippen LogP contribution in [0.3, 0.4) is 0 Å². The van der Waals surface area contributed by atoms with Crippen molar-refractivity contribution in [3.8, 4) is 0 Å². The summed E-state index contributed by atoms with van der Waals surface area (Å²) in [6, 6.07) is 7.93. The second-order valence-corrected chi connectivity index (χ2v) is 4.68. The number of fused-ring (bicyclic) bond motifs is 1. The molecule has 0 spiro atoms. The largest absolute Gasteiger partial charge is 0.378 e. The van der Waals surface area contributed by atoms with E-state index < -0.39 is 0 Å². The van der Waals surface area contributed by atoms with Crippen LogP contribution in [0.15, 0.2) is 24.3 Å². The number of nitrogens with zero attached hydrogens (tertiary/aromatic N) is 1. The molecule has 1 aromatic carbocycles. The van der Waals surface area contributed by atoms with Gasteiger partial charge >= 0.3 is 0 Å². The fourth-order valence-electron chi connectivity index (χ4n) is 1.42. The number of benzene rings is 1. The van der Waals surface area contributed by atoms with Crippen LogP contribution < -0.4 is 10.6 Å². The number of nitrogens with two attached hydrogens (primary N) is 1. The Morgan fingerprint density at radius 3 is 2.67 bits per heavy atom. The lowest BCUT2D eigenvalue weighted by Gasteiger charge is -2.11. The molecule has 4 heteroatoms. The first kappa shape index (κ1) is 9.98. The van der Waals surface area contributed by atoms with Crippen LogP contribution in [0.4, 0.5) is 5.69 Å². The topological polar surface area (TPSA) is 46.3 Å². The quantitative estimate of drug-likeness (QED) is 0.842. The minimum atomic E-state index is -0.359. The van der Waals surface area contributed by atoms with Crippen molar-refractivity contribution in [2.45, 2.75) is 0 Å². The van der Waals surface area contributed by atoms with Gasteiger partial charge in [0.2, 0.25) is 0 Å². The summed E-state index contributed by atoms with van der Waals surface area (Å²) in [5.74, 6) is -0.359. The molecule has 2 aromatic rings. The van der Waals surface area contributed by atoms with E-state index >= 15 is 0 Å². The van der Waals surface area contributed by atoms with Gasteiger partial charge in [0.1, 0.15) is 0 Å². The first-order valence-electron chi connectivity index (χ1n) is 4.58. The Kier molecular flexibility index (Phi) is 2.36. The van der Waals surface area contributed by atoms with Gasteiger partial charge in [0.15, 0.2) is 0 Å². The monoisotopic (exact) mass is 220 g/mol. The number of primary amides is 1. The van der Waals surface area contributed by atoms with Gasteiger partial charge in [-0.25, -0.2) is 0 Å². The van der Waals surface area contributed by atoms with Gasteiger partial charge in [0.25, 0.3) is 5.91 Å². The molecule has 0 bridgehead atoms. The number of carbonyl (C=O) groups excluding carboxylic acids is 1. The molecule has 0 saturated heterocycles. The zero-order valence-electron chi connectivity index (χ0n) is 8.65. The molecule has 15 heavy (non-hydrogen) atoms. The van der Waals surface area contributed by atoms with Crippen LogP contribution in [0.5, 0.6) is 0 Å². The third-order valence-corrected chi connectivity index (χ3v) is 3.38. The molecule has 3 nitrogen and oxygen atoms in total. The standard InChI is InChI=1S/C11H12N2OS/c1-13(2)8-4-3-7-5-10(11(12)14)15-9(7)6-8/h3-6H,1-2H3,(H2,12,14). The molecule has 0 radical (unpaired) electrons. The smallest absolute Gasteiger partial charge is 0.258 e. The number of anilines is 1. The first-order valence-corrected chi connectivity index (χ1v) is 5.40. The Morgan fingerprint density at radius 2 is 2.07 bits per heavy atom. The summed E-state index contributed by atoms with van der Waals surface area (Å²) >= 11 is 1.44. The lowest BCUT2D eigenvalue weighted by atomic mass is 10.2. The minimum Gasteiger partial charge on any atom is -0.378 e. The van der Waals surface area contributed by atoms with Gasteiger partial charge in [-0.15, -0.1) is 11.3 Å². The maximum absolute atomic E-state index is 11.0. The van der Waals surface area contributed by atoms with Crippen molar-refractivity contribution in [2.24, 2.45) is 5.73 Å². The predicted molar refractivity (Wildman–Crippen MR) is 64.7 cm³/mol. The molecular weight excluding hydrogens is 208 g/mol. The molecule has 0 atom stereocenters. The molecular formula is C11H12N2OS. The number of rotatable bonds is 2. The van der Waals surface area contributed by atoms with Crippen LogP contribution in [0, 0.1) is 0 Å². The third kappa shape index (κ3) is 1.80. The normalized spacial score (nSPS) is 10.5. The van der Waals surface area contributed by atoms with Crippen LogP contribution in [0.1, 0.15) is 9.67 Å². The average molecular weight is 220 g/mol. The zero-order chi connectivity index (χ0) is 11.0. The van der Waals surface area contributed by atoms with E-state index in [2.05, 4.69) is 6.07 Å². The Bertz CT molecular complexity index is 516.